The Bertz CT molecular complexity index is 1690. The number of anilines is 2. The Hall–Kier alpha value is -4.05. The molecule has 1 atom stereocenters. The van der Waals surface area contributed by atoms with Gasteiger partial charge in [0.25, 0.3) is 5.56 Å². The van der Waals surface area contributed by atoms with E-state index >= 15 is 0 Å². The number of benzene rings is 1. The predicted octanol–water partition coefficient (Wildman–Crippen LogP) is 3.33. The van der Waals surface area contributed by atoms with Crippen molar-refractivity contribution in [1.29, 1.82) is 0 Å². The molecule has 200 valence electrons. The van der Waals surface area contributed by atoms with Crippen LogP contribution in [0.1, 0.15) is 60.8 Å². The van der Waals surface area contributed by atoms with Crippen molar-refractivity contribution in [2.75, 3.05) is 30.4 Å². The molecule has 1 aromatic carbocycles. The van der Waals surface area contributed by atoms with Crippen LogP contribution in [0.15, 0.2) is 41.3 Å². The summed E-state index contributed by atoms with van der Waals surface area (Å²) in [6.07, 6.45) is 7.65. The second-order valence-electron chi connectivity index (χ2n) is 11.9. The minimum atomic E-state index is -0.206. The second-order valence-corrected chi connectivity index (χ2v) is 11.9. The number of piperidine rings is 1. The van der Waals surface area contributed by atoms with Gasteiger partial charge in [-0.3, -0.25) is 14.9 Å². The smallest absolute Gasteiger partial charge is 0.264 e. The van der Waals surface area contributed by atoms with Gasteiger partial charge in [0.2, 0.25) is 11.9 Å². The molecule has 0 bridgehead atoms. The molecule has 4 heterocycles. The Kier molecular flexibility index (Phi) is 5.22. The van der Waals surface area contributed by atoms with Crippen molar-refractivity contribution >= 4 is 28.5 Å². The summed E-state index contributed by atoms with van der Waals surface area (Å²) in [4.78, 5) is 32.7. The van der Waals surface area contributed by atoms with E-state index in [2.05, 4.69) is 74.6 Å². The summed E-state index contributed by atoms with van der Waals surface area (Å²) in [5, 5.41) is 11.1. The maximum atomic E-state index is 13.5. The van der Waals surface area contributed by atoms with Crippen LogP contribution in [0.25, 0.3) is 16.6 Å². The standard InChI is InChI=1S/C29H33N9O/c1-28(2)13-18(19-15-32-26(31-3)33-20(19)14-28)22-21-24(37-36-22)34-27(35-25(21)39)38-10-8-29(9-11-38)12-16-6-4-5-7-17(16)23(29)30/h4-7,13,15,23H,8-12,14,30H2,1-3H3,(H,31,32,33)(H2,34,35,36,37,39)/t23-/m1/s1. The van der Waals surface area contributed by atoms with Crippen LogP contribution in [-0.2, 0) is 12.8 Å². The number of H-pyrrole nitrogens is 2. The highest BCUT2D eigenvalue weighted by Gasteiger charge is 2.46. The van der Waals surface area contributed by atoms with E-state index in [9.17, 15) is 4.79 Å². The molecule has 10 heteroatoms. The Morgan fingerprint density at radius 3 is 2.69 bits per heavy atom. The van der Waals surface area contributed by atoms with Crippen LogP contribution in [0.5, 0.6) is 0 Å². The van der Waals surface area contributed by atoms with E-state index in [1.807, 2.05) is 0 Å². The molecule has 0 radical (unpaired) electrons. The third-order valence-electron chi connectivity index (χ3n) is 8.86. The summed E-state index contributed by atoms with van der Waals surface area (Å²) in [5.41, 5.74) is 12.8. The number of aromatic amines is 2. The van der Waals surface area contributed by atoms with Crippen molar-refractivity contribution in [3.63, 3.8) is 0 Å². The molecule has 1 saturated heterocycles. The van der Waals surface area contributed by atoms with Gasteiger partial charge in [-0.05, 0) is 47.6 Å². The molecule has 1 fully saturated rings. The van der Waals surface area contributed by atoms with Crippen molar-refractivity contribution in [3.05, 3.63) is 75.0 Å². The van der Waals surface area contributed by atoms with E-state index in [0.29, 0.717) is 28.6 Å². The van der Waals surface area contributed by atoms with E-state index in [1.54, 1.807) is 13.2 Å². The molecule has 39 heavy (non-hydrogen) atoms. The number of allylic oxidation sites excluding steroid dienone is 1. The lowest BCUT2D eigenvalue weighted by Gasteiger charge is -2.42. The SMILES string of the molecule is CNc1ncc2c(n1)CC(C)(C)C=C2c1n[nH]c2nc(N3CCC4(CC3)Cc3ccccc3[C@H]4N)[nH]c(=O)c12. The number of rotatable bonds is 3. The lowest BCUT2D eigenvalue weighted by atomic mass is 9.73. The minimum absolute atomic E-state index is 0.0459. The molecule has 3 aromatic heterocycles. The van der Waals surface area contributed by atoms with Crippen molar-refractivity contribution in [3.8, 4) is 0 Å². The van der Waals surface area contributed by atoms with E-state index in [1.165, 1.54) is 11.1 Å². The van der Waals surface area contributed by atoms with Crippen LogP contribution in [-0.4, -0.2) is 50.3 Å². The fourth-order valence-electron chi connectivity index (χ4n) is 6.79. The van der Waals surface area contributed by atoms with Crippen molar-refractivity contribution in [2.24, 2.45) is 16.6 Å². The van der Waals surface area contributed by atoms with E-state index in [4.69, 9.17) is 15.7 Å². The van der Waals surface area contributed by atoms with Gasteiger partial charge in [0.05, 0.1) is 5.69 Å². The Balaban J connectivity index is 1.20. The first-order valence-electron chi connectivity index (χ1n) is 13.6. The van der Waals surface area contributed by atoms with Gasteiger partial charge >= 0.3 is 0 Å². The fourth-order valence-corrected chi connectivity index (χ4v) is 6.79. The zero-order valence-corrected chi connectivity index (χ0v) is 22.5. The third kappa shape index (κ3) is 3.76. The first-order valence-corrected chi connectivity index (χ1v) is 13.6. The molecule has 7 rings (SSSR count). The number of nitrogens with zero attached hydrogens (tertiary/aromatic N) is 5. The average molecular weight is 524 g/mol. The molecule has 0 amide bonds. The maximum absolute atomic E-state index is 13.5. The van der Waals surface area contributed by atoms with E-state index in [0.717, 1.165) is 55.6 Å². The lowest BCUT2D eigenvalue weighted by molar-refractivity contribution is 0.187. The zero-order valence-electron chi connectivity index (χ0n) is 22.5. The Morgan fingerprint density at radius 1 is 1.13 bits per heavy atom. The molecule has 5 N–H and O–H groups in total. The molecule has 3 aliphatic rings. The van der Waals surface area contributed by atoms with Gasteiger partial charge in [-0.1, -0.05) is 44.2 Å². The van der Waals surface area contributed by atoms with Gasteiger partial charge in [0.15, 0.2) is 5.65 Å². The predicted molar refractivity (Wildman–Crippen MR) is 152 cm³/mol. The second kappa shape index (κ2) is 8.47. The van der Waals surface area contributed by atoms with Crippen LogP contribution in [0.4, 0.5) is 11.9 Å². The van der Waals surface area contributed by atoms with Crippen LogP contribution >= 0.6 is 0 Å². The van der Waals surface area contributed by atoms with Crippen LogP contribution in [0.3, 0.4) is 0 Å². The summed E-state index contributed by atoms with van der Waals surface area (Å²) in [5.74, 6) is 1.15. The molecule has 1 aliphatic heterocycles. The van der Waals surface area contributed by atoms with Crippen molar-refractivity contribution < 1.29 is 0 Å². The Labute approximate surface area is 226 Å². The first-order chi connectivity index (χ1) is 18.8. The number of nitrogens with one attached hydrogen (secondary N) is 3. The van der Waals surface area contributed by atoms with E-state index < -0.39 is 0 Å². The number of aromatic nitrogens is 6. The van der Waals surface area contributed by atoms with Crippen molar-refractivity contribution in [2.45, 2.75) is 45.6 Å². The monoisotopic (exact) mass is 523 g/mol. The average Bonchev–Trinajstić information content (AvgIpc) is 3.47. The number of nitrogens with two attached hydrogens (primary N) is 1. The highest BCUT2D eigenvalue weighted by atomic mass is 16.1. The highest BCUT2D eigenvalue weighted by molar-refractivity contribution is 5.94. The van der Waals surface area contributed by atoms with Gasteiger partial charge in [-0.15, -0.1) is 0 Å². The van der Waals surface area contributed by atoms with Gasteiger partial charge in [-0.2, -0.15) is 10.1 Å². The number of hydrogen-bond donors (Lipinski definition) is 4. The zero-order chi connectivity index (χ0) is 26.9. The van der Waals surface area contributed by atoms with Gasteiger partial charge in [0.1, 0.15) is 11.1 Å². The van der Waals surface area contributed by atoms with Crippen LogP contribution in [0.2, 0.25) is 0 Å². The summed E-state index contributed by atoms with van der Waals surface area (Å²) in [6, 6.07) is 8.58. The topological polar surface area (TPSA) is 142 Å². The van der Waals surface area contributed by atoms with Crippen LogP contribution in [0, 0.1) is 10.8 Å². The molecule has 2 aliphatic carbocycles. The summed E-state index contributed by atoms with van der Waals surface area (Å²) in [7, 11) is 1.81. The molecule has 0 unspecified atom stereocenters. The molecule has 4 aromatic rings. The summed E-state index contributed by atoms with van der Waals surface area (Å²) >= 11 is 0. The van der Waals surface area contributed by atoms with E-state index in [-0.39, 0.29) is 22.4 Å². The highest BCUT2D eigenvalue weighted by Crippen LogP contribution is 2.50. The molecule has 1 spiro atoms. The number of hydrogen-bond acceptors (Lipinski definition) is 8. The molecular formula is C29H33N9O. The van der Waals surface area contributed by atoms with Crippen LogP contribution < -0.4 is 21.5 Å². The Morgan fingerprint density at radius 2 is 1.92 bits per heavy atom. The largest absolute Gasteiger partial charge is 0.357 e. The minimum Gasteiger partial charge on any atom is -0.357 e. The van der Waals surface area contributed by atoms with Gasteiger partial charge in [-0.25, -0.2) is 9.97 Å². The number of fused-ring (bicyclic) bond motifs is 3. The van der Waals surface area contributed by atoms with Gasteiger partial charge < -0.3 is 16.0 Å². The normalized spacial score (nSPS) is 21.1. The fraction of sp³-hybridized carbons (Fsp3) is 0.414. The summed E-state index contributed by atoms with van der Waals surface area (Å²) in [6.45, 7) is 5.89. The van der Waals surface area contributed by atoms with Gasteiger partial charge in [0, 0.05) is 43.5 Å². The molecule has 10 nitrogen and oxygen atoms in total. The maximum Gasteiger partial charge on any atom is 0.264 e. The molecular weight excluding hydrogens is 490 g/mol. The molecule has 0 saturated carbocycles. The quantitative estimate of drug-likeness (QED) is 0.320. The first kappa shape index (κ1) is 24.0. The summed E-state index contributed by atoms with van der Waals surface area (Å²) < 4.78 is 0. The van der Waals surface area contributed by atoms with Crippen molar-refractivity contribution in [1.82, 2.24) is 30.1 Å². The lowest BCUT2D eigenvalue weighted by Crippen LogP contribution is -2.45. The third-order valence-corrected chi connectivity index (χ3v) is 8.86.